The van der Waals surface area contributed by atoms with Gasteiger partial charge in [0.15, 0.2) is 5.96 Å². The van der Waals surface area contributed by atoms with E-state index in [1.807, 2.05) is 6.07 Å². The molecule has 7 nitrogen and oxygen atoms in total. The van der Waals surface area contributed by atoms with Gasteiger partial charge < -0.3 is 11.1 Å². The lowest BCUT2D eigenvalue weighted by atomic mass is 10.2. The Morgan fingerprint density at radius 3 is 2.96 bits per heavy atom. The molecule has 23 heavy (non-hydrogen) atoms. The average Bonchev–Trinajstić information content (AvgIpc) is 2.95. The van der Waals surface area contributed by atoms with E-state index in [4.69, 9.17) is 11.1 Å². The number of hydrogen-bond acceptors (Lipinski definition) is 4. The number of sulfonamides is 1. The van der Waals surface area contributed by atoms with Gasteiger partial charge in [0.1, 0.15) is 0 Å². The van der Waals surface area contributed by atoms with Gasteiger partial charge in [-0.1, -0.05) is 12.1 Å². The summed E-state index contributed by atoms with van der Waals surface area (Å²) in [5.74, 6) is -0.145. The lowest BCUT2D eigenvalue weighted by Gasteiger charge is -2.18. The molecule has 9 heteroatoms. The van der Waals surface area contributed by atoms with Crippen LogP contribution in [-0.2, 0) is 10.0 Å². The molecule has 1 aromatic heterocycles. The number of nitrogens with one attached hydrogen (secondary N) is 2. The Labute approximate surface area is 142 Å². The van der Waals surface area contributed by atoms with Gasteiger partial charge >= 0.3 is 0 Å². The van der Waals surface area contributed by atoms with Crippen LogP contribution in [0.5, 0.6) is 0 Å². The molecule has 2 heterocycles. The van der Waals surface area contributed by atoms with Crippen molar-refractivity contribution in [1.82, 2.24) is 14.6 Å². The smallest absolute Gasteiger partial charge is 0.243 e. The summed E-state index contributed by atoms with van der Waals surface area (Å²) in [7, 11) is -3.63. The maximum Gasteiger partial charge on any atom is 0.243 e. The molecule has 0 amide bonds. The van der Waals surface area contributed by atoms with Crippen LogP contribution in [0.25, 0.3) is 10.8 Å². The Morgan fingerprint density at radius 1 is 1.43 bits per heavy atom. The number of aromatic nitrogens is 1. The fourth-order valence-corrected chi connectivity index (χ4v) is 5.23. The Kier molecular flexibility index (Phi) is 4.26. The van der Waals surface area contributed by atoms with Gasteiger partial charge in [-0.25, -0.2) is 8.42 Å². The molecule has 1 aromatic carbocycles. The van der Waals surface area contributed by atoms with Gasteiger partial charge in [-0.2, -0.15) is 4.31 Å². The third-order valence-electron chi connectivity index (χ3n) is 3.83. The highest BCUT2D eigenvalue weighted by atomic mass is 79.9. The number of benzene rings is 1. The molecule has 0 unspecified atom stereocenters. The molecule has 2 aromatic rings. The van der Waals surface area contributed by atoms with Crippen LogP contribution in [-0.4, -0.2) is 42.8 Å². The molecule has 1 fully saturated rings. The van der Waals surface area contributed by atoms with Crippen molar-refractivity contribution >= 4 is 42.7 Å². The van der Waals surface area contributed by atoms with E-state index in [1.54, 1.807) is 24.5 Å². The lowest BCUT2D eigenvalue weighted by Crippen LogP contribution is -2.41. The van der Waals surface area contributed by atoms with Crippen LogP contribution < -0.4 is 11.1 Å². The van der Waals surface area contributed by atoms with Crippen molar-refractivity contribution in [2.75, 3.05) is 13.1 Å². The summed E-state index contributed by atoms with van der Waals surface area (Å²) in [4.78, 5) is 4.33. The number of pyridine rings is 1. The Balaban J connectivity index is 2.00. The van der Waals surface area contributed by atoms with E-state index in [-0.39, 0.29) is 16.9 Å². The minimum absolute atomic E-state index is 0.137. The summed E-state index contributed by atoms with van der Waals surface area (Å²) in [6, 6.07) is 5.01. The van der Waals surface area contributed by atoms with E-state index >= 15 is 0 Å². The Morgan fingerprint density at radius 2 is 2.22 bits per heavy atom. The van der Waals surface area contributed by atoms with Crippen LogP contribution in [0.3, 0.4) is 0 Å². The zero-order chi connectivity index (χ0) is 16.6. The molecule has 1 aliphatic heterocycles. The second kappa shape index (κ2) is 6.06. The number of halogens is 1. The first-order valence-corrected chi connectivity index (χ1v) is 9.26. The molecule has 1 atom stereocenters. The van der Waals surface area contributed by atoms with Crippen molar-refractivity contribution in [2.24, 2.45) is 5.73 Å². The first-order chi connectivity index (χ1) is 10.9. The maximum atomic E-state index is 13.0. The molecule has 0 saturated carbocycles. The molecule has 3 rings (SSSR count). The van der Waals surface area contributed by atoms with Crippen LogP contribution in [0.4, 0.5) is 0 Å². The van der Waals surface area contributed by atoms with Crippen LogP contribution in [0.15, 0.2) is 40.0 Å². The molecule has 0 bridgehead atoms. The minimum atomic E-state index is -3.63. The highest BCUT2D eigenvalue weighted by Crippen LogP contribution is 2.32. The molecule has 122 valence electrons. The number of rotatable bonds is 3. The summed E-state index contributed by atoms with van der Waals surface area (Å²) in [6.07, 6.45) is 3.85. The monoisotopic (exact) mass is 397 g/mol. The summed E-state index contributed by atoms with van der Waals surface area (Å²) >= 11 is 3.39. The second-order valence-corrected chi connectivity index (χ2v) is 8.14. The fourth-order valence-electron chi connectivity index (χ4n) is 2.80. The summed E-state index contributed by atoms with van der Waals surface area (Å²) in [5, 5.41) is 11.4. The van der Waals surface area contributed by atoms with Gasteiger partial charge in [0.2, 0.25) is 10.0 Å². The Bertz CT molecular complexity index is 865. The molecule has 0 spiro atoms. The van der Waals surface area contributed by atoms with Crippen molar-refractivity contribution in [3.63, 3.8) is 0 Å². The van der Waals surface area contributed by atoms with Crippen molar-refractivity contribution in [2.45, 2.75) is 17.4 Å². The highest BCUT2D eigenvalue weighted by Gasteiger charge is 2.33. The van der Waals surface area contributed by atoms with Crippen molar-refractivity contribution in [3.8, 4) is 0 Å². The quantitative estimate of drug-likeness (QED) is 0.532. The largest absolute Gasteiger partial charge is 0.370 e. The number of guanidine groups is 1. The summed E-state index contributed by atoms with van der Waals surface area (Å²) in [5.41, 5.74) is 5.32. The van der Waals surface area contributed by atoms with E-state index in [2.05, 4.69) is 26.2 Å². The zero-order valence-electron chi connectivity index (χ0n) is 12.2. The van der Waals surface area contributed by atoms with Crippen LogP contribution >= 0.6 is 15.9 Å². The van der Waals surface area contributed by atoms with Gasteiger partial charge in [0.25, 0.3) is 0 Å². The van der Waals surface area contributed by atoms with Crippen molar-refractivity contribution < 1.29 is 8.42 Å². The second-order valence-electron chi connectivity index (χ2n) is 5.38. The Hall–Kier alpha value is -1.71. The molecular weight excluding hydrogens is 382 g/mol. The van der Waals surface area contributed by atoms with Gasteiger partial charge in [0.05, 0.1) is 4.90 Å². The first-order valence-electron chi connectivity index (χ1n) is 7.02. The fraction of sp³-hybridized carbons (Fsp3) is 0.286. The van der Waals surface area contributed by atoms with E-state index in [9.17, 15) is 8.42 Å². The number of fused-ring (bicyclic) bond motifs is 1. The predicted molar refractivity (Wildman–Crippen MR) is 91.7 cm³/mol. The first kappa shape index (κ1) is 16.2. The van der Waals surface area contributed by atoms with E-state index in [1.165, 1.54) is 4.31 Å². The number of hydrogen-bond donors (Lipinski definition) is 3. The third-order valence-corrected chi connectivity index (χ3v) is 6.34. The highest BCUT2D eigenvalue weighted by molar-refractivity contribution is 9.10. The molecule has 4 N–H and O–H groups in total. The molecule has 0 radical (unpaired) electrons. The molecular formula is C14H16BrN5O2S. The standard InChI is InChI=1S/C14H16BrN5O2S/c15-11-7-18-6-9-2-1-3-12(13(9)11)23(21,22)20-5-4-10(8-20)19-14(16)17/h1-3,6-7,10H,4-5,8H2,(H4,16,17,19)/t10-/m1/s1. The van der Waals surface area contributed by atoms with Gasteiger partial charge in [-0.15, -0.1) is 0 Å². The minimum Gasteiger partial charge on any atom is -0.370 e. The van der Waals surface area contributed by atoms with Gasteiger partial charge in [-0.05, 0) is 28.4 Å². The number of nitrogens with two attached hydrogens (primary N) is 1. The summed E-state index contributed by atoms with van der Waals surface area (Å²) in [6.45, 7) is 0.688. The molecule has 1 saturated heterocycles. The maximum absolute atomic E-state index is 13.0. The van der Waals surface area contributed by atoms with E-state index in [0.29, 0.717) is 29.4 Å². The third kappa shape index (κ3) is 3.04. The van der Waals surface area contributed by atoms with Crippen LogP contribution in [0, 0.1) is 5.41 Å². The normalized spacial score (nSPS) is 19.1. The molecule has 0 aliphatic carbocycles. The van der Waals surface area contributed by atoms with Crippen LogP contribution in [0.2, 0.25) is 0 Å². The van der Waals surface area contributed by atoms with Crippen LogP contribution in [0.1, 0.15) is 6.42 Å². The zero-order valence-corrected chi connectivity index (χ0v) is 14.6. The molecule has 1 aliphatic rings. The average molecular weight is 398 g/mol. The van der Waals surface area contributed by atoms with Gasteiger partial charge in [-0.3, -0.25) is 10.4 Å². The summed E-state index contributed by atoms with van der Waals surface area (Å²) < 4.78 is 28.1. The van der Waals surface area contributed by atoms with Crippen molar-refractivity contribution in [1.29, 1.82) is 5.41 Å². The predicted octanol–water partition coefficient (Wildman–Crippen LogP) is 1.24. The van der Waals surface area contributed by atoms with E-state index in [0.717, 1.165) is 5.39 Å². The van der Waals surface area contributed by atoms with E-state index < -0.39 is 10.0 Å². The lowest BCUT2D eigenvalue weighted by molar-refractivity contribution is 0.469. The van der Waals surface area contributed by atoms with Crippen molar-refractivity contribution in [3.05, 3.63) is 35.1 Å². The topological polar surface area (TPSA) is 112 Å². The number of nitrogens with zero attached hydrogens (tertiary/aromatic N) is 2. The van der Waals surface area contributed by atoms with Gasteiger partial charge in [0, 0.05) is 46.8 Å². The SMILES string of the molecule is N=C(N)N[C@@H]1CCN(S(=O)(=O)c2cccc3cncc(Br)c23)C1.